The van der Waals surface area contributed by atoms with Crippen LogP contribution in [0.25, 0.3) is 0 Å². The number of hydrogen-bond donors (Lipinski definition) is 1. The van der Waals surface area contributed by atoms with Crippen LogP contribution in [0.5, 0.6) is 5.75 Å². The summed E-state index contributed by atoms with van der Waals surface area (Å²) >= 11 is 7.10. The number of ether oxygens (including phenoxy) is 1. The van der Waals surface area contributed by atoms with Crippen molar-refractivity contribution in [2.75, 3.05) is 6.61 Å². The van der Waals surface area contributed by atoms with Crippen molar-refractivity contribution < 1.29 is 4.74 Å². The number of aromatic nitrogens is 2. The molecule has 0 aliphatic heterocycles. The first-order valence-corrected chi connectivity index (χ1v) is 7.98. The number of halogens is 2. The third kappa shape index (κ3) is 4.33. The lowest BCUT2D eigenvalue weighted by molar-refractivity contribution is 0.288. The third-order valence-electron chi connectivity index (χ3n) is 2.74. The van der Waals surface area contributed by atoms with E-state index in [1.54, 1.807) is 6.20 Å². The van der Waals surface area contributed by atoms with E-state index in [-0.39, 0.29) is 6.04 Å². The van der Waals surface area contributed by atoms with Crippen molar-refractivity contribution in [2.45, 2.75) is 25.9 Å². The predicted molar refractivity (Wildman–Crippen MR) is 86.9 cm³/mol. The van der Waals surface area contributed by atoms with E-state index in [1.807, 2.05) is 23.9 Å². The molecule has 20 heavy (non-hydrogen) atoms. The maximum absolute atomic E-state index is 5.83. The van der Waals surface area contributed by atoms with Crippen LogP contribution in [0.3, 0.4) is 0 Å². The van der Waals surface area contributed by atoms with Gasteiger partial charge in [-0.3, -0.25) is 4.68 Å². The maximum atomic E-state index is 5.83. The lowest BCUT2D eigenvalue weighted by Gasteiger charge is -2.13. The largest absolute Gasteiger partial charge is 0.489 e. The Labute approximate surface area is 135 Å². The van der Waals surface area contributed by atoms with Crippen LogP contribution in [-0.4, -0.2) is 22.4 Å². The fraction of sp³-hybridized carbons (Fsp3) is 0.357. The van der Waals surface area contributed by atoms with Crippen LogP contribution >= 0.6 is 31.9 Å². The number of hydrogen-bond acceptors (Lipinski definition) is 3. The molecule has 1 aromatic carbocycles. The van der Waals surface area contributed by atoms with Crippen LogP contribution in [-0.2, 0) is 13.0 Å². The van der Waals surface area contributed by atoms with E-state index in [1.165, 1.54) is 5.56 Å². The minimum absolute atomic E-state index is 0.139. The first-order valence-electron chi connectivity index (χ1n) is 6.40. The molecule has 0 bridgehead atoms. The van der Waals surface area contributed by atoms with Crippen molar-refractivity contribution in [3.63, 3.8) is 0 Å². The van der Waals surface area contributed by atoms with E-state index in [0.29, 0.717) is 13.2 Å². The van der Waals surface area contributed by atoms with Gasteiger partial charge in [-0.25, -0.2) is 0 Å². The van der Waals surface area contributed by atoms with E-state index in [0.717, 1.165) is 21.1 Å². The fourth-order valence-electron chi connectivity index (χ4n) is 1.91. The van der Waals surface area contributed by atoms with Gasteiger partial charge in [0.15, 0.2) is 0 Å². The molecule has 1 aromatic heterocycles. The molecule has 108 valence electrons. The van der Waals surface area contributed by atoms with Crippen molar-refractivity contribution in [3.05, 3.63) is 45.1 Å². The average Bonchev–Trinajstić information content (AvgIpc) is 2.84. The minimum atomic E-state index is 0.139. The SMILES string of the molecule is CC(N)Cc1cc(Br)c(OCCn2cccn2)c(Br)c1. The van der Waals surface area contributed by atoms with Gasteiger partial charge in [0.05, 0.1) is 15.5 Å². The van der Waals surface area contributed by atoms with Crippen LogP contribution in [0.1, 0.15) is 12.5 Å². The van der Waals surface area contributed by atoms with Crippen molar-refractivity contribution >= 4 is 31.9 Å². The molecule has 2 aromatic rings. The zero-order valence-electron chi connectivity index (χ0n) is 11.2. The highest BCUT2D eigenvalue weighted by molar-refractivity contribution is 9.11. The highest BCUT2D eigenvalue weighted by Crippen LogP contribution is 2.35. The van der Waals surface area contributed by atoms with Gasteiger partial charge >= 0.3 is 0 Å². The average molecular weight is 403 g/mol. The molecule has 6 heteroatoms. The summed E-state index contributed by atoms with van der Waals surface area (Å²) in [6.45, 7) is 3.27. The number of rotatable bonds is 6. The molecule has 0 saturated carbocycles. The van der Waals surface area contributed by atoms with E-state index in [9.17, 15) is 0 Å². The molecule has 0 amide bonds. The Balaban J connectivity index is 2.00. The van der Waals surface area contributed by atoms with Gasteiger partial charge in [0, 0.05) is 18.4 Å². The van der Waals surface area contributed by atoms with E-state index in [4.69, 9.17) is 10.5 Å². The Bertz CT molecular complexity index is 533. The molecule has 1 heterocycles. The molecule has 0 aliphatic carbocycles. The summed E-state index contributed by atoms with van der Waals surface area (Å²) in [6.07, 6.45) is 4.51. The lowest BCUT2D eigenvalue weighted by atomic mass is 10.1. The molecule has 0 spiro atoms. The molecule has 1 unspecified atom stereocenters. The zero-order valence-corrected chi connectivity index (χ0v) is 14.4. The van der Waals surface area contributed by atoms with Crippen molar-refractivity contribution in [1.82, 2.24) is 9.78 Å². The molecule has 2 N–H and O–H groups in total. The standard InChI is InChI=1S/C14H17Br2N3O/c1-10(17)7-11-8-12(15)14(13(16)9-11)20-6-5-19-4-2-3-18-19/h2-4,8-10H,5-7,17H2,1H3. The van der Waals surface area contributed by atoms with Crippen LogP contribution in [0.2, 0.25) is 0 Å². The summed E-state index contributed by atoms with van der Waals surface area (Å²) in [5.74, 6) is 0.811. The highest BCUT2D eigenvalue weighted by atomic mass is 79.9. The summed E-state index contributed by atoms with van der Waals surface area (Å²) < 4.78 is 9.52. The van der Waals surface area contributed by atoms with Gasteiger partial charge in [-0.1, -0.05) is 0 Å². The van der Waals surface area contributed by atoms with Gasteiger partial charge < -0.3 is 10.5 Å². The summed E-state index contributed by atoms with van der Waals surface area (Å²) in [4.78, 5) is 0. The van der Waals surface area contributed by atoms with Gasteiger partial charge in [0.1, 0.15) is 12.4 Å². The fourth-order valence-corrected chi connectivity index (χ4v) is 3.42. The quantitative estimate of drug-likeness (QED) is 0.805. The van der Waals surface area contributed by atoms with Gasteiger partial charge in [0.25, 0.3) is 0 Å². The number of nitrogens with two attached hydrogens (primary N) is 1. The number of benzene rings is 1. The summed E-state index contributed by atoms with van der Waals surface area (Å²) in [6, 6.07) is 6.14. The molecule has 2 rings (SSSR count). The normalized spacial score (nSPS) is 12.4. The van der Waals surface area contributed by atoms with Crippen LogP contribution in [0.4, 0.5) is 0 Å². The topological polar surface area (TPSA) is 53.1 Å². The lowest BCUT2D eigenvalue weighted by Crippen LogP contribution is -2.17. The maximum Gasteiger partial charge on any atom is 0.147 e. The summed E-state index contributed by atoms with van der Waals surface area (Å²) in [5.41, 5.74) is 7.00. The Hall–Kier alpha value is -0.850. The molecule has 1 atom stereocenters. The van der Waals surface area contributed by atoms with Gasteiger partial charge in [-0.05, 0) is 69.0 Å². The molecule has 0 aliphatic rings. The second kappa shape index (κ2) is 7.24. The molecular formula is C14H17Br2N3O. The predicted octanol–water partition coefficient (Wildman–Crippen LogP) is 3.38. The highest BCUT2D eigenvalue weighted by Gasteiger charge is 2.10. The van der Waals surface area contributed by atoms with Crippen molar-refractivity contribution in [2.24, 2.45) is 5.73 Å². The van der Waals surface area contributed by atoms with Crippen molar-refractivity contribution in [1.29, 1.82) is 0 Å². The molecule has 0 saturated heterocycles. The Morgan fingerprint density at radius 3 is 2.60 bits per heavy atom. The second-order valence-corrected chi connectivity index (χ2v) is 6.40. The summed E-state index contributed by atoms with van der Waals surface area (Å²) in [5, 5.41) is 4.14. The van der Waals surface area contributed by atoms with Crippen LogP contribution in [0, 0.1) is 0 Å². The first-order chi connectivity index (χ1) is 9.56. The zero-order chi connectivity index (χ0) is 14.5. The van der Waals surface area contributed by atoms with Gasteiger partial charge in [-0.2, -0.15) is 5.10 Å². The smallest absolute Gasteiger partial charge is 0.147 e. The van der Waals surface area contributed by atoms with Gasteiger partial charge in [-0.15, -0.1) is 0 Å². The monoisotopic (exact) mass is 401 g/mol. The third-order valence-corrected chi connectivity index (χ3v) is 3.92. The van der Waals surface area contributed by atoms with E-state index >= 15 is 0 Å². The molecule has 4 nitrogen and oxygen atoms in total. The van der Waals surface area contributed by atoms with Crippen molar-refractivity contribution in [3.8, 4) is 5.75 Å². The van der Waals surface area contributed by atoms with E-state index < -0.39 is 0 Å². The second-order valence-electron chi connectivity index (χ2n) is 4.69. The van der Waals surface area contributed by atoms with Crippen LogP contribution in [0.15, 0.2) is 39.5 Å². The Morgan fingerprint density at radius 2 is 2.05 bits per heavy atom. The Kier molecular flexibility index (Phi) is 5.63. The van der Waals surface area contributed by atoms with Crippen LogP contribution < -0.4 is 10.5 Å². The van der Waals surface area contributed by atoms with Gasteiger partial charge in [0.2, 0.25) is 0 Å². The minimum Gasteiger partial charge on any atom is -0.489 e. The molecule has 0 radical (unpaired) electrons. The molecule has 0 fully saturated rings. The summed E-state index contributed by atoms with van der Waals surface area (Å²) in [7, 11) is 0. The number of nitrogens with zero attached hydrogens (tertiary/aromatic N) is 2. The first kappa shape index (κ1) is 15.5. The molecular weight excluding hydrogens is 386 g/mol. The Morgan fingerprint density at radius 1 is 1.35 bits per heavy atom. The van der Waals surface area contributed by atoms with E-state index in [2.05, 4.69) is 49.1 Å².